The van der Waals surface area contributed by atoms with Crippen molar-refractivity contribution >= 4 is 28.2 Å². The van der Waals surface area contributed by atoms with Crippen molar-refractivity contribution < 1.29 is 18.7 Å². The fourth-order valence-electron chi connectivity index (χ4n) is 0.903. The van der Waals surface area contributed by atoms with Crippen molar-refractivity contribution in [3.63, 3.8) is 0 Å². The molecule has 0 radical (unpaired) electrons. The zero-order valence-corrected chi connectivity index (χ0v) is 8.58. The van der Waals surface area contributed by atoms with E-state index in [2.05, 4.69) is 20.7 Å². The molecule has 0 amide bonds. The molecule has 5 heteroatoms. The Kier molecular flexibility index (Phi) is 3.76. The van der Waals surface area contributed by atoms with Crippen molar-refractivity contribution in [1.82, 2.24) is 0 Å². The van der Waals surface area contributed by atoms with Crippen LogP contribution in [0.1, 0.15) is 10.4 Å². The lowest BCUT2D eigenvalue weighted by molar-refractivity contribution is -0.127. The third-order valence-corrected chi connectivity index (χ3v) is 2.01. The lowest BCUT2D eigenvalue weighted by Crippen LogP contribution is -2.10. The molecule has 1 rings (SSSR count). The number of ketones is 1. The van der Waals surface area contributed by atoms with Gasteiger partial charge in [0.1, 0.15) is 5.82 Å². The molecule has 3 nitrogen and oxygen atoms in total. The second-order valence-electron chi connectivity index (χ2n) is 2.45. The molecule has 1 aromatic rings. The molecule has 0 saturated carbocycles. The highest BCUT2D eigenvalue weighted by molar-refractivity contribution is 9.10. The van der Waals surface area contributed by atoms with Crippen LogP contribution in [0.2, 0.25) is 0 Å². The Labute approximate surface area is 88.0 Å². The van der Waals surface area contributed by atoms with Crippen molar-refractivity contribution in [2.24, 2.45) is 0 Å². The maximum absolute atomic E-state index is 13.1. The molecule has 0 aliphatic carbocycles. The van der Waals surface area contributed by atoms with Crippen molar-refractivity contribution in [3.8, 4) is 0 Å². The molecule has 0 fully saturated rings. The summed E-state index contributed by atoms with van der Waals surface area (Å²) >= 11 is 3.06. The Bertz CT molecular complexity index is 365. The van der Waals surface area contributed by atoms with Crippen molar-refractivity contribution in [2.75, 3.05) is 6.61 Å². The highest BCUT2D eigenvalue weighted by Crippen LogP contribution is 2.15. The molecule has 0 atom stereocenters. The number of ether oxygens (including phenoxy) is 1. The molecule has 74 valence electrons. The molecule has 0 aliphatic heterocycles. The van der Waals surface area contributed by atoms with Gasteiger partial charge in [-0.25, -0.2) is 4.39 Å². The topological polar surface area (TPSA) is 43.4 Å². The van der Waals surface area contributed by atoms with Gasteiger partial charge in [-0.2, -0.15) is 0 Å². The smallest absolute Gasteiger partial charge is 0.293 e. The number of halogens is 2. The minimum atomic E-state index is -0.640. The number of carbonyl (C=O) groups is 2. The molecule has 0 spiro atoms. The van der Waals surface area contributed by atoms with Gasteiger partial charge in [-0.15, -0.1) is 0 Å². The highest BCUT2D eigenvalue weighted by Gasteiger charge is 2.11. The van der Waals surface area contributed by atoms with Crippen LogP contribution in [0.25, 0.3) is 0 Å². The summed E-state index contributed by atoms with van der Waals surface area (Å²) in [5, 5.41) is 0. The molecule has 0 heterocycles. The van der Waals surface area contributed by atoms with Crippen LogP contribution in [0.3, 0.4) is 0 Å². The molecule has 0 N–H and O–H groups in total. The molecule has 0 aliphatic rings. The summed E-state index contributed by atoms with van der Waals surface area (Å²) in [6.45, 7) is -0.295. The van der Waals surface area contributed by atoms with Gasteiger partial charge in [-0.3, -0.25) is 9.59 Å². The van der Waals surface area contributed by atoms with Crippen molar-refractivity contribution in [3.05, 3.63) is 34.1 Å². The number of hydrogen-bond donors (Lipinski definition) is 0. The lowest BCUT2D eigenvalue weighted by Gasteiger charge is -2.01. The fraction of sp³-hybridized carbons (Fsp3) is 0.111. The first-order valence-corrected chi connectivity index (χ1v) is 4.48. The third-order valence-electron chi connectivity index (χ3n) is 1.51. The molecular weight excluding hydrogens is 255 g/mol. The summed E-state index contributed by atoms with van der Waals surface area (Å²) in [6.07, 6.45) is 0. The van der Waals surface area contributed by atoms with E-state index in [1.54, 1.807) is 0 Å². The monoisotopic (exact) mass is 260 g/mol. The Morgan fingerprint density at radius 3 is 2.86 bits per heavy atom. The lowest BCUT2D eigenvalue weighted by atomic mass is 10.1. The van der Waals surface area contributed by atoms with Crippen molar-refractivity contribution in [1.29, 1.82) is 0 Å². The summed E-state index contributed by atoms with van der Waals surface area (Å²) in [5.41, 5.74) is -0.0879. The zero-order chi connectivity index (χ0) is 10.6. The Balaban J connectivity index is 2.84. The van der Waals surface area contributed by atoms with Gasteiger partial charge in [0.25, 0.3) is 6.47 Å². The predicted octanol–water partition coefficient (Wildman–Crippen LogP) is 1.94. The molecule has 0 unspecified atom stereocenters. The summed E-state index contributed by atoms with van der Waals surface area (Å²) < 4.78 is 17.9. The summed E-state index contributed by atoms with van der Waals surface area (Å²) in [5.74, 6) is -1.21. The first kappa shape index (κ1) is 10.8. The number of rotatable bonds is 4. The van der Waals surface area contributed by atoms with Crippen LogP contribution in [0, 0.1) is 5.82 Å². The van der Waals surface area contributed by atoms with E-state index in [4.69, 9.17) is 0 Å². The van der Waals surface area contributed by atoms with E-state index in [1.807, 2.05) is 0 Å². The molecule has 0 aromatic heterocycles. The Hall–Kier alpha value is -1.23. The summed E-state index contributed by atoms with van der Waals surface area (Å²) in [7, 11) is 0. The van der Waals surface area contributed by atoms with Gasteiger partial charge < -0.3 is 4.74 Å². The quantitative estimate of drug-likeness (QED) is 0.614. The fourth-order valence-corrected chi connectivity index (χ4v) is 1.24. The first-order chi connectivity index (χ1) is 6.65. The maximum Gasteiger partial charge on any atom is 0.293 e. The van der Waals surface area contributed by atoms with Gasteiger partial charge >= 0.3 is 0 Å². The van der Waals surface area contributed by atoms with Crippen molar-refractivity contribution in [2.45, 2.75) is 0 Å². The second-order valence-corrected chi connectivity index (χ2v) is 3.37. The van der Waals surface area contributed by atoms with Crippen LogP contribution in [0.5, 0.6) is 0 Å². The van der Waals surface area contributed by atoms with Crippen LogP contribution in [-0.4, -0.2) is 18.9 Å². The average molecular weight is 261 g/mol. The maximum atomic E-state index is 13.1. The van der Waals surface area contributed by atoms with Crippen LogP contribution < -0.4 is 0 Å². The van der Waals surface area contributed by atoms with Crippen LogP contribution >= 0.6 is 15.9 Å². The van der Waals surface area contributed by atoms with E-state index in [9.17, 15) is 14.0 Å². The average Bonchev–Trinajstić information content (AvgIpc) is 2.14. The Morgan fingerprint density at radius 1 is 1.57 bits per heavy atom. The Morgan fingerprint density at radius 2 is 2.29 bits per heavy atom. The zero-order valence-electron chi connectivity index (χ0n) is 7.00. The van der Waals surface area contributed by atoms with Crippen LogP contribution in [-0.2, 0) is 9.53 Å². The third kappa shape index (κ3) is 2.63. The number of Topliss-reactive ketones (excluding diaryl/α,β-unsaturated/α-hetero) is 1. The van der Waals surface area contributed by atoms with Gasteiger partial charge in [0, 0.05) is 4.47 Å². The number of hydrogen-bond acceptors (Lipinski definition) is 3. The van der Waals surface area contributed by atoms with E-state index >= 15 is 0 Å². The molecule has 0 saturated heterocycles. The van der Waals surface area contributed by atoms with Gasteiger partial charge in [0.05, 0.1) is 5.56 Å². The van der Waals surface area contributed by atoms with E-state index < -0.39 is 18.2 Å². The van der Waals surface area contributed by atoms with Crippen LogP contribution in [0.4, 0.5) is 4.39 Å². The normalized spacial score (nSPS) is 9.57. The molecule has 1 aromatic carbocycles. The second kappa shape index (κ2) is 4.85. The SMILES string of the molecule is O=COCC(=O)c1ccc(Br)cc1F. The highest BCUT2D eigenvalue weighted by atomic mass is 79.9. The van der Waals surface area contributed by atoms with Gasteiger partial charge in [0.15, 0.2) is 6.61 Å². The van der Waals surface area contributed by atoms with E-state index in [0.29, 0.717) is 4.47 Å². The summed E-state index contributed by atoms with van der Waals surface area (Å²) in [6, 6.07) is 4.04. The van der Waals surface area contributed by atoms with E-state index in [0.717, 1.165) is 0 Å². The number of carbonyl (C=O) groups excluding carboxylic acids is 2. The standard InChI is InChI=1S/C9H6BrFO3/c10-6-1-2-7(8(11)3-6)9(13)4-14-5-12/h1-3,5H,4H2. The summed E-state index contributed by atoms with van der Waals surface area (Å²) in [4.78, 5) is 21.0. The molecule has 14 heavy (non-hydrogen) atoms. The van der Waals surface area contributed by atoms with Gasteiger partial charge in [-0.1, -0.05) is 15.9 Å². The van der Waals surface area contributed by atoms with E-state index in [-0.39, 0.29) is 12.0 Å². The largest absolute Gasteiger partial charge is 0.459 e. The predicted molar refractivity (Wildman–Crippen MR) is 50.4 cm³/mol. The minimum absolute atomic E-state index is 0.0879. The van der Waals surface area contributed by atoms with Crippen LogP contribution in [0.15, 0.2) is 22.7 Å². The van der Waals surface area contributed by atoms with E-state index in [1.165, 1.54) is 18.2 Å². The first-order valence-electron chi connectivity index (χ1n) is 3.68. The van der Waals surface area contributed by atoms with Gasteiger partial charge in [0.2, 0.25) is 5.78 Å². The minimum Gasteiger partial charge on any atom is -0.459 e. The molecule has 0 bridgehead atoms. The number of benzene rings is 1. The molecular formula is C9H6BrFO3. The van der Waals surface area contributed by atoms with Gasteiger partial charge in [-0.05, 0) is 18.2 Å².